The number of ketones is 1. The van der Waals surface area contributed by atoms with Gasteiger partial charge in [-0.15, -0.1) is 0 Å². The van der Waals surface area contributed by atoms with E-state index in [4.69, 9.17) is 0 Å². The Bertz CT molecular complexity index is 505. The Labute approximate surface area is 101 Å². The van der Waals surface area contributed by atoms with Crippen molar-refractivity contribution < 1.29 is 4.79 Å². The monoisotopic (exact) mass is 312 g/mol. The van der Waals surface area contributed by atoms with E-state index in [1.54, 1.807) is 23.9 Å². The van der Waals surface area contributed by atoms with Gasteiger partial charge in [0.05, 0.1) is 15.5 Å². The van der Waals surface area contributed by atoms with Gasteiger partial charge in [0.1, 0.15) is 0 Å². The lowest BCUT2D eigenvalue weighted by Gasteiger charge is -2.02. The van der Waals surface area contributed by atoms with Crippen LogP contribution >= 0.6 is 22.6 Å². The Morgan fingerprint density at radius 1 is 1.47 bits per heavy atom. The standard InChI is InChI=1S/C11H9IN2O/c1-8(15)9-3-2-4-11(5-9)14-7-10(12)6-13-14/h2-7H,1H3. The summed E-state index contributed by atoms with van der Waals surface area (Å²) in [5.41, 5.74) is 1.61. The largest absolute Gasteiger partial charge is 0.295 e. The average molecular weight is 312 g/mol. The van der Waals surface area contributed by atoms with Crippen molar-refractivity contribution in [3.63, 3.8) is 0 Å². The van der Waals surface area contributed by atoms with Gasteiger partial charge in [0.15, 0.2) is 5.78 Å². The molecule has 0 bridgehead atoms. The molecule has 0 spiro atoms. The molecule has 1 aromatic carbocycles. The van der Waals surface area contributed by atoms with Crippen LogP contribution < -0.4 is 0 Å². The van der Waals surface area contributed by atoms with E-state index >= 15 is 0 Å². The highest BCUT2D eigenvalue weighted by molar-refractivity contribution is 14.1. The number of rotatable bonds is 2. The van der Waals surface area contributed by atoms with Crippen molar-refractivity contribution in [3.8, 4) is 5.69 Å². The molecular formula is C11H9IN2O. The highest BCUT2D eigenvalue weighted by atomic mass is 127. The fourth-order valence-corrected chi connectivity index (χ4v) is 1.70. The van der Waals surface area contributed by atoms with Crippen LogP contribution in [0.25, 0.3) is 5.69 Å². The maximum atomic E-state index is 11.2. The number of carbonyl (C=O) groups excluding carboxylic acids is 1. The molecule has 0 aliphatic rings. The first-order chi connectivity index (χ1) is 7.16. The van der Waals surface area contributed by atoms with Gasteiger partial charge in [0.25, 0.3) is 0 Å². The Morgan fingerprint density at radius 3 is 2.87 bits per heavy atom. The third kappa shape index (κ3) is 2.26. The zero-order valence-electron chi connectivity index (χ0n) is 8.14. The SMILES string of the molecule is CC(=O)c1cccc(-n2cc(I)cn2)c1. The maximum Gasteiger partial charge on any atom is 0.159 e. The highest BCUT2D eigenvalue weighted by Crippen LogP contribution is 2.12. The quantitative estimate of drug-likeness (QED) is 0.631. The fraction of sp³-hybridized carbons (Fsp3) is 0.0909. The number of aromatic nitrogens is 2. The van der Waals surface area contributed by atoms with Crippen molar-refractivity contribution in [1.29, 1.82) is 0 Å². The van der Waals surface area contributed by atoms with Crippen molar-refractivity contribution >= 4 is 28.4 Å². The molecule has 0 unspecified atom stereocenters. The van der Waals surface area contributed by atoms with Gasteiger partial charge < -0.3 is 0 Å². The zero-order chi connectivity index (χ0) is 10.8. The van der Waals surface area contributed by atoms with Crippen LogP contribution in [-0.4, -0.2) is 15.6 Å². The Hall–Kier alpha value is -1.17. The van der Waals surface area contributed by atoms with E-state index in [0.717, 1.165) is 9.26 Å². The predicted octanol–water partition coefficient (Wildman–Crippen LogP) is 2.68. The Morgan fingerprint density at radius 2 is 2.27 bits per heavy atom. The summed E-state index contributed by atoms with van der Waals surface area (Å²) in [5, 5.41) is 4.18. The second kappa shape index (κ2) is 4.14. The average Bonchev–Trinajstić information content (AvgIpc) is 2.65. The second-order valence-corrected chi connectivity index (χ2v) is 4.46. The molecule has 4 heteroatoms. The van der Waals surface area contributed by atoms with E-state index in [1.807, 2.05) is 24.4 Å². The van der Waals surface area contributed by atoms with E-state index in [9.17, 15) is 4.79 Å². The third-order valence-electron chi connectivity index (χ3n) is 2.07. The van der Waals surface area contributed by atoms with Gasteiger partial charge in [0.2, 0.25) is 0 Å². The highest BCUT2D eigenvalue weighted by Gasteiger charge is 2.02. The number of nitrogens with zero attached hydrogens (tertiary/aromatic N) is 2. The molecule has 0 fully saturated rings. The first kappa shape index (κ1) is 10.4. The molecule has 0 aliphatic carbocycles. The summed E-state index contributed by atoms with van der Waals surface area (Å²) in [6.07, 6.45) is 3.70. The van der Waals surface area contributed by atoms with Crippen LogP contribution in [0.2, 0.25) is 0 Å². The van der Waals surface area contributed by atoms with Gasteiger partial charge in [-0.2, -0.15) is 5.10 Å². The molecule has 0 amide bonds. The van der Waals surface area contributed by atoms with Crippen LogP contribution in [-0.2, 0) is 0 Å². The lowest BCUT2D eigenvalue weighted by Crippen LogP contribution is -1.97. The van der Waals surface area contributed by atoms with Crippen LogP contribution in [0, 0.1) is 3.57 Å². The minimum Gasteiger partial charge on any atom is -0.295 e. The molecule has 0 N–H and O–H groups in total. The number of halogens is 1. The Kier molecular flexibility index (Phi) is 2.86. The van der Waals surface area contributed by atoms with Gasteiger partial charge in [-0.1, -0.05) is 12.1 Å². The van der Waals surface area contributed by atoms with E-state index < -0.39 is 0 Å². The molecule has 0 radical (unpaired) electrons. The van der Waals surface area contributed by atoms with Crippen molar-refractivity contribution in [2.24, 2.45) is 0 Å². The molecule has 1 heterocycles. The Balaban J connectivity index is 2.45. The van der Waals surface area contributed by atoms with Gasteiger partial charge >= 0.3 is 0 Å². The molecule has 0 saturated heterocycles. The maximum absolute atomic E-state index is 11.2. The molecule has 76 valence electrons. The van der Waals surface area contributed by atoms with Crippen molar-refractivity contribution in [1.82, 2.24) is 9.78 Å². The molecule has 2 rings (SSSR count). The van der Waals surface area contributed by atoms with Crippen molar-refractivity contribution in [2.45, 2.75) is 6.92 Å². The fourth-order valence-electron chi connectivity index (χ4n) is 1.31. The molecule has 0 atom stereocenters. The van der Waals surface area contributed by atoms with Crippen molar-refractivity contribution in [2.75, 3.05) is 0 Å². The summed E-state index contributed by atoms with van der Waals surface area (Å²) < 4.78 is 2.83. The first-order valence-electron chi connectivity index (χ1n) is 4.48. The number of Topliss-reactive ketones (excluding diaryl/α,β-unsaturated/α-hetero) is 1. The van der Waals surface area contributed by atoms with Gasteiger partial charge in [-0.25, -0.2) is 4.68 Å². The van der Waals surface area contributed by atoms with Crippen LogP contribution in [0.5, 0.6) is 0 Å². The number of benzene rings is 1. The zero-order valence-corrected chi connectivity index (χ0v) is 10.3. The molecule has 2 aromatic rings. The van der Waals surface area contributed by atoms with E-state index in [-0.39, 0.29) is 5.78 Å². The molecule has 0 aliphatic heterocycles. The molecule has 0 saturated carbocycles. The summed E-state index contributed by atoms with van der Waals surface area (Å²) in [6, 6.07) is 7.43. The first-order valence-corrected chi connectivity index (χ1v) is 5.56. The third-order valence-corrected chi connectivity index (χ3v) is 2.63. The topological polar surface area (TPSA) is 34.9 Å². The summed E-state index contributed by atoms with van der Waals surface area (Å²) >= 11 is 2.20. The number of carbonyl (C=O) groups is 1. The molecule has 15 heavy (non-hydrogen) atoms. The molecular weight excluding hydrogens is 303 g/mol. The minimum atomic E-state index is 0.0682. The minimum absolute atomic E-state index is 0.0682. The van der Waals surface area contributed by atoms with Gasteiger partial charge in [-0.3, -0.25) is 4.79 Å². The molecule has 1 aromatic heterocycles. The second-order valence-electron chi connectivity index (χ2n) is 3.21. The number of hydrogen-bond donors (Lipinski definition) is 0. The predicted molar refractivity (Wildman–Crippen MR) is 66.3 cm³/mol. The summed E-state index contributed by atoms with van der Waals surface area (Å²) in [7, 11) is 0. The van der Waals surface area contributed by atoms with E-state index in [1.165, 1.54) is 0 Å². The van der Waals surface area contributed by atoms with Gasteiger partial charge in [0, 0.05) is 11.8 Å². The summed E-state index contributed by atoms with van der Waals surface area (Å²) in [6.45, 7) is 1.56. The van der Waals surface area contributed by atoms with Crippen LogP contribution in [0.3, 0.4) is 0 Å². The molecule has 3 nitrogen and oxygen atoms in total. The van der Waals surface area contributed by atoms with Gasteiger partial charge in [-0.05, 0) is 41.6 Å². The lowest BCUT2D eigenvalue weighted by molar-refractivity contribution is 0.101. The summed E-state index contributed by atoms with van der Waals surface area (Å²) in [5.74, 6) is 0.0682. The smallest absolute Gasteiger partial charge is 0.159 e. The van der Waals surface area contributed by atoms with Crippen molar-refractivity contribution in [3.05, 3.63) is 45.8 Å². The van der Waals surface area contributed by atoms with Crippen LogP contribution in [0.4, 0.5) is 0 Å². The van der Waals surface area contributed by atoms with Crippen LogP contribution in [0.15, 0.2) is 36.7 Å². The van der Waals surface area contributed by atoms with Crippen LogP contribution in [0.1, 0.15) is 17.3 Å². The van der Waals surface area contributed by atoms with E-state index in [2.05, 4.69) is 27.7 Å². The number of hydrogen-bond acceptors (Lipinski definition) is 2. The summed E-state index contributed by atoms with van der Waals surface area (Å²) in [4.78, 5) is 11.2. The normalized spacial score (nSPS) is 10.3. The van der Waals surface area contributed by atoms with E-state index in [0.29, 0.717) is 5.56 Å². The lowest BCUT2D eigenvalue weighted by atomic mass is 10.1.